The molecular weight excluding hydrogens is 594 g/mol. The molecule has 0 fully saturated rings. The van der Waals surface area contributed by atoms with Gasteiger partial charge in [0.25, 0.3) is 0 Å². The fourth-order valence-electron chi connectivity index (χ4n) is 6.82. The molecule has 0 spiro atoms. The molecule has 3 heterocycles. The molecule has 1 atom stereocenters. The normalized spacial score (nSPS) is 20.3. The molecule has 0 aliphatic carbocycles. The molecule has 7 nitrogen and oxygen atoms in total. The van der Waals surface area contributed by atoms with E-state index in [4.69, 9.17) is 10.1 Å². The Hall–Kier alpha value is -4.05. The summed E-state index contributed by atoms with van der Waals surface area (Å²) in [5, 5.41) is 15.9. The molecule has 1 unspecified atom stereocenters. The molecule has 45 heavy (non-hydrogen) atoms. The standard InChI is InChI=1S/C35H38F2N4O3S/c1-34(2)13-6-14-35(3,23-7-5-8-24(42)19-23)33-39-32(41(4)40-33)28-18-22(9-10-29(28)36)17-27-25(12-16-45(43,44)21-34)26-11-15-38-31(26)20-30(27)37/h5,7-11,15,18-20,38,42H,6,12-14,16-17,21H2,1-4H3. The van der Waals surface area contributed by atoms with Crippen molar-refractivity contribution in [3.05, 3.63) is 101 Å². The van der Waals surface area contributed by atoms with E-state index < -0.39 is 32.3 Å². The average molecular weight is 633 g/mol. The third-order valence-corrected chi connectivity index (χ3v) is 11.3. The van der Waals surface area contributed by atoms with Crippen molar-refractivity contribution < 1.29 is 22.3 Å². The Balaban J connectivity index is 1.53. The zero-order valence-electron chi connectivity index (χ0n) is 26.0. The number of hydrogen-bond donors (Lipinski definition) is 2. The van der Waals surface area contributed by atoms with Crippen LogP contribution in [0.4, 0.5) is 8.78 Å². The van der Waals surface area contributed by atoms with Gasteiger partial charge in [-0.1, -0.05) is 38.5 Å². The van der Waals surface area contributed by atoms with Gasteiger partial charge in [0.05, 0.1) is 22.5 Å². The van der Waals surface area contributed by atoms with Crippen LogP contribution in [0.5, 0.6) is 5.75 Å². The maximum absolute atomic E-state index is 15.7. The Morgan fingerprint density at radius 3 is 2.56 bits per heavy atom. The Morgan fingerprint density at radius 2 is 1.78 bits per heavy atom. The highest BCUT2D eigenvalue weighted by Gasteiger charge is 2.36. The SMILES string of the molecule is Cn1nc2nc1-c1cc(ccc1F)Cc1c(F)cc3[nH]ccc3c1CCS(=O)(=O)CC(C)(C)CCCC2(C)c1cccc(O)c1. The molecule has 2 aromatic heterocycles. The van der Waals surface area contributed by atoms with Gasteiger partial charge in [-0.3, -0.25) is 0 Å². The number of hydrogen-bond acceptors (Lipinski definition) is 5. The summed E-state index contributed by atoms with van der Waals surface area (Å²) in [5.41, 5.74) is 2.06. The molecule has 236 valence electrons. The van der Waals surface area contributed by atoms with Crippen LogP contribution in [0.3, 0.4) is 0 Å². The lowest BCUT2D eigenvalue weighted by Gasteiger charge is -2.30. The van der Waals surface area contributed by atoms with Crippen LogP contribution in [0.25, 0.3) is 22.3 Å². The smallest absolute Gasteiger partial charge is 0.161 e. The summed E-state index contributed by atoms with van der Waals surface area (Å²) in [6.07, 6.45) is 3.88. The lowest BCUT2D eigenvalue weighted by molar-refractivity contribution is 0.337. The van der Waals surface area contributed by atoms with Crippen molar-refractivity contribution >= 4 is 20.7 Å². The molecular formula is C35H38F2N4O3S. The number of H-pyrrole nitrogens is 1. The molecule has 1 aliphatic rings. The largest absolute Gasteiger partial charge is 0.508 e. The van der Waals surface area contributed by atoms with Gasteiger partial charge in [0.2, 0.25) is 0 Å². The van der Waals surface area contributed by atoms with E-state index in [9.17, 15) is 13.5 Å². The van der Waals surface area contributed by atoms with Crippen LogP contribution in [0.1, 0.15) is 68.1 Å². The van der Waals surface area contributed by atoms with Crippen LogP contribution in [0, 0.1) is 17.0 Å². The number of phenolic OH excluding ortho intramolecular Hbond substituents is 1. The molecule has 1 aliphatic heterocycles. The topological polar surface area (TPSA) is 101 Å². The lowest BCUT2D eigenvalue weighted by Crippen LogP contribution is -2.29. The quantitative estimate of drug-likeness (QED) is 0.207. The first kappa shape index (κ1) is 31.0. The van der Waals surface area contributed by atoms with E-state index in [0.717, 1.165) is 10.9 Å². The number of sulfone groups is 1. The van der Waals surface area contributed by atoms with Crippen molar-refractivity contribution in [1.29, 1.82) is 0 Å². The first-order valence-electron chi connectivity index (χ1n) is 15.2. The molecule has 5 aromatic rings. The number of fused-ring (bicyclic) bond motifs is 8. The predicted octanol–water partition coefficient (Wildman–Crippen LogP) is 7.01. The molecule has 6 rings (SSSR count). The molecule has 10 heteroatoms. The lowest BCUT2D eigenvalue weighted by atomic mass is 9.75. The summed E-state index contributed by atoms with van der Waals surface area (Å²) in [5.74, 6) is -0.125. The van der Waals surface area contributed by atoms with Gasteiger partial charge in [-0.15, -0.1) is 0 Å². The van der Waals surface area contributed by atoms with E-state index in [1.165, 1.54) is 12.1 Å². The number of rotatable bonds is 1. The monoisotopic (exact) mass is 632 g/mol. The molecule has 0 amide bonds. The van der Waals surface area contributed by atoms with E-state index >= 15 is 8.78 Å². The molecule has 0 saturated heterocycles. The number of aryl methyl sites for hydroxylation is 2. The van der Waals surface area contributed by atoms with Crippen molar-refractivity contribution in [3.8, 4) is 17.1 Å². The van der Waals surface area contributed by atoms with Crippen molar-refractivity contribution in [2.45, 2.75) is 58.3 Å². The highest BCUT2D eigenvalue weighted by molar-refractivity contribution is 7.91. The van der Waals surface area contributed by atoms with Gasteiger partial charge in [0, 0.05) is 30.6 Å². The minimum absolute atomic E-state index is 0.00290. The number of benzene rings is 3. The highest BCUT2D eigenvalue weighted by Crippen LogP contribution is 2.40. The summed E-state index contributed by atoms with van der Waals surface area (Å²) >= 11 is 0. The number of aromatic hydroxyl groups is 1. The van der Waals surface area contributed by atoms with Crippen LogP contribution in [0.15, 0.2) is 60.8 Å². The van der Waals surface area contributed by atoms with E-state index in [1.54, 1.807) is 48.3 Å². The van der Waals surface area contributed by atoms with Crippen LogP contribution in [-0.2, 0) is 35.1 Å². The Labute approximate surface area is 262 Å². The summed E-state index contributed by atoms with van der Waals surface area (Å²) in [7, 11) is -1.79. The first-order valence-corrected chi connectivity index (χ1v) is 17.0. The molecule has 0 radical (unpaired) electrons. The second-order valence-electron chi connectivity index (χ2n) is 13.4. The van der Waals surface area contributed by atoms with E-state index in [0.29, 0.717) is 53.1 Å². The summed E-state index contributed by atoms with van der Waals surface area (Å²) < 4.78 is 59.8. The van der Waals surface area contributed by atoms with Crippen LogP contribution < -0.4 is 0 Å². The first-order chi connectivity index (χ1) is 21.2. The Kier molecular flexibility index (Phi) is 7.83. The van der Waals surface area contributed by atoms with Gasteiger partial charge in [-0.2, -0.15) is 5.10 Å². The van der Waals surface area contributed by atoms with Gasteiger partial charge in [-0.05, 0) is 90.3 Å². The second kappa shape index (κ2) is 11.4. The number of nitrogens with one attached hydrogen (secondary N) is 1. The van der Waals surface area contributed by atoms with E-state index in [1.807, 2.05) is 32.9 Å². The van der Waals surface area contributed by atoms with Gasteiger partial charge in [0.15, 0.2) is 21.5 Å². The van der Waals surface area contributed by atoms with Crippen molar-refractivity contribution in [2.24, 2.45) is 12.5 Å². The van der Waals surface area contributed by atoms with Gasteiger partial charge >= 0.3 is 0 Å². The molecule has 2 N–H and O–H groups in total. The number of halogens is 2. The Morgan fingerprint density at radius 1 is 0.978 bits per heavy atom. The number of aromatic amines is 1. The van der Waals surface area contributed by atoms with Gasteiger partial charge in [0.1, 0.15) is 17.4 Å². The molecule has 0 saturated carbocycles. The van der Waals surface area contributed by atoms with Crippen molar-refractivity contribution in [3.63, 3.8) is 0 Å². The van der Waals surface area contributed by atoms with Crippen molar-refractivity contribution in [2.75, 3.05) is 11.5 Å². The maximum Gasteiger partial charge on any atom is 0.161 e. The third kappa shape index (κ3) is 6.12. The van der Waals surface area contributed by atoms with Crippen LogP contribution in [-0.4, -0.2) is 44.8 Å². The van der Waals surface area contributed by atoms with Crippen LogP contribution >= 0.6 is 0 Å². The Bertz CT molecular complexity index is 2010. The number of nitrogens with zero attached hydrogens (tertiary/aromatic N) is 3. The zero-order valence-corrected chi connectivity index (χ0v) is 26.8. The fourth-order valence-corrected chi connectivity index (χ4v) is 8.82. The summed E-state index contributed by atoms with van der Waals surface area (Å²) in [6, 6.07) is 14.9. The van der Waals surface area contributed by atoms with E-state index in [-0.39, 0.29) is 35.7 Å². The maximum atomic E-state index is 15.7. The second-order valence-corrected chi connectivity index (χ2v) is 15.6. The summed E-state index contributed by atoms with van der Waals surface area (Å²) in [4.78, 5) is 7.93. The average Bonchev–Trinajstić information content (AvgIpc) is 3.59. The molecule has 4 bridgehead atoms. The molecule has 3 aromatic carbocycles. The predicted molar refractivity (Wildman–Crippen MR) is 172 cm³/mol. The number of aromatic nitrogens is 4. The van der Waals surface area contributed by atoms with E-state index in [2.05, 4.69) is 4.98 Å². The highest BCUT2D eigenvalue weighted by atomic mass is 32.2. The summed E-state index contributed by atoms with van der Waals surface area (Å²) in [6.45, 7) is 5.91. The minimum atomic E-state index is -3.51. The van der Waals surface area contributed by atoms with Crippen molar-refractivity contribution in [1.82, 2.24) is 19.7 Å². The van der Waals surface area contributed by atoms with Crippen LogP contribution in [0.2, 0.25) is 0 Å². The number of phenols is 1. The zero-order chi connectivity index (χ0) is 32.1. The third-order valence-electron chi connectivity index (χ3n) is 9.22. The minimum Gasteiger partial charge on any atom is -0.508 e. The van der Waals surface area contributed by atoms with Gasteiger partial charge in [-0.25, -0.2) is 26.9 Å². The van der Waals surface area contributed by atoms with Gasteiger partial charge < -0.3 is 10.1 Å². The fraction of sp³-hybridized carbons (Fsp3) is 0.371.